The predicted octanol–water partition coefficient (Wildman–Crippen LogP) is 4.50. The number of anilines is 1. The Morgan fingerprint density at radius 3 is 2.76 bits per heavy atom. The molecule has 0 radical (unpaired) electrons. The number of amidine groups is 1. The largest absolute Gasteiger partial charge is 0.416 e. The molecule has 13 heteroatoms. The molecule has 0 saturated carbocycles. The number of allylic oxidation sites excluding steroid dienone is 1. The molecule has 4 aliphatic heterocycles. The van der Waals surface area contributed by atoms with Gasteiger partial charge in [0.2, 0.25) is 11.6 Å². The van der Waals surface area contributed by atoms with Crippen LogP contribution in [0.15, 0.2) is 70.3 Å². The van der Waals surface area contributed by atoms with Crippen molar-refractivity contribution in [1.29, 1.82) is 0 Å². The van der Waals surface area contributed by atoms with Crippen molar-refractivity contribution in [1.82, 2.24) is 9.88 Å². The van der Waals surface area contributed by atoms with Crippen LogP contribution in [0.25, 0.3) is 0 Å². The number of hydrogen-bond acceptors (Lipinski definition) is 6. The van der Waals surface area contributed by atoms with Crippen LogP contribution in [-0.2, 0) is 11.0 Å². The molecule has 6 rings (SSSR count). The van der Waals surface area contributed by atoms with Crippen LogP contribution in [0.3, 0.4) is 0 Å². The second-order valence-corrected chi connectivity index (χ2v) is 10.5. The summed E-state index contributed by atoms with van der Waals surface area (Å²) < 4.78 is 54.2. The van der Waals surface area contributed by atoms with E-state index in [1.807, 2.05) is 4.90 Å². The van der Waals surface area contributed by atoms with Gasteiger partial charge in [-0.05, 0) is 56.0 Å². The SMILES string of the molecule is N[N+]12C=CN=CC1=C([C@@H]1CC[C@@H]3CCCC(=O)N3C1)N=C2c1ccc(C(=O)Nc2cc(C(F)(F)F)ccn2)cc1F. The molecule has 0 spiro atoms. The van der Waals surface area contributed by atoms with Gasteiger partial charge in [-0.15, -0.1) is 4.59 Å². The summed E-state index contributed by atoms with van der Waals surface area (Å²) in [7, 11) is 0. The Morgan fingerprint density at radius 2 is 1.98 bits per heavy atom. The molecule has 2 saturated heterocycles. The summed E-state index contributed by atoms with van der Waals surface area (Å²) in [5.41, 5.74) is 0.169. The number of hydrogen-bond donors (Lipinski definition) is 2. The van der Waals surface area contributed by atoms with E-state index < -0.39 is 28.1 Å². The third-order valence-electron chi connectivity index (χ3n) is 7.96. The number of carbonyl (C=O) groups excluding carboxylic acids is 2. The maximum atomic E-state index is 15.6. The molecule has 1 aromatic heterocycles. The third-order valence-corrected chi connectivity index (χ3v) is 7.96. The smallest absolute Gasteiger partial charge is 0.339 e. The highest BCUT2D eigenvalue weighted by molar-refractivity contribution is 6.05. The van der Waals surface area contributed by atoms with E-state index in [0.717, 1.165) is 44.0 Å². The van der Waals surface area contributed by atoms with E-state index in [1.165, 1.54) is 18.3 Å². The van der Waals surface area contributed by atoms with Gasteiger partial charge in [0, 0.05) is 36.7 Å². The first-order valence-corrected chi connectivity index (χ1v) is 13.2. The number of piperidine rings is 2. The first-order valence-electron chi connectivity index (χ1n) is 13.2. The molecule has 1 unspecified atom stereocenters. The lowest BCUT2D eigenvalue weighted by Gasteiger charge is -2.42. The number of nitrogens with two attached hydrogens (primary N) is 1. The second kappa shape index (κ2) is 10.00. The molecule has 0 aliphatic carbocycles. The number of carbonyl (C=O) groups is 2. The molecule has 212 valence electrons. The zero-order valence-corrected chi connectivity index (χ0v) is 21.7. The lowest BCUT2D eigenvalue weighted by atomic mass is 9.85. The van der Waals surface area contributed by atoms with E-state index >= 15 is 4.39 Å². The van der Waals surface area contributed by atoms with Gasteiger partial charge in [-0.1, -0.05) is 0 Å². The van der Waals surface area contributed by atoms with Crippen molar-refractivity contribution in [3.63, 3.8) is 0 Å². The number of pyridine rings is 1. The summed E-state index contributed by atoms with van der Waals surface area (Å²) in [6.07, 6.45) is 5.03. The van der Waals surface area contributed by atoms with Gasteiger partial charge < -0.3 is 10.2 Å². The highest BCUT2D eigenvalue weighted by Crippen LogP contribution is 2.40. The number of aromatic nitrogens is 1. The van der Waals surface area contributed by atoms with Crippen molar-refractivity contribution < 1.29 is 31.7 Å². The molecular weight excluding hydrogens is 542 g/mol. The molecule has 9 nitrogen and oxygen atoms in total. The Morgan fingerprint density at radius 1 is 1.15 bits per heavy atom. The number of benzene rings is 1. The fraction of sp³-hybridized carbons (Fsp3) is 0.321. The maximum Gasteiger partial charge on any atom is 0.416 e. The van der Waals surface area contributed by atoms with Gasteiger partial charge in [-0.25, -0.2) is 9.37 Å². The minimum absolute atomic E-state index is 0.0522. The van der Waals surface area contributed by atoms with Crippen LogP contribution in [-0.4, -0.2) is 50.9 Å². The average Bonchev–Trinajstić information content (AvgIpc) is 3.25. The normalized spacial score (nSPS) is 25.6. The predicted molar refractivity (Wildman–Crippen MR) is 141 cm³/mol. The Kier molecular flexibility index (Phi) is 6.57. The molecule has 2 fully saturated rings. The molecular formula is C28H26F4N7O2+. The first-order chi connectivity index (χ1) is 19.5. The number of aliphatic imine (C=N–C) groups is 2. The molecule has 0 bridgehead atoms. The molecule has 3 N–H and O–H groups in total. The summed E-state index contributed by atoms with van der Waals surface area (Å²) in [4.78, 5) is 40.0. The van der Waals surface area contributed by atoms with Crippen LogP contribution in [0.5, 0.6) is 0 Å². The van der Waals surface area contributed by atoms with Crippen molar-refractivity contribution >= 4 is 29.7 Å². The van der Waals surface area contributed by atoms with E-state index in [0.29, 0.717) is 30.4 Å². The zero-order chi connectivity index (χ0) is 28.9. The number of halogens is 4. The van der Waals surface area contributed by atoms with Crippen LogP contribution >= 0.6 is 0 Å². The van der Waals surface area contributed by atoms with Gasteiger partial charge >= 0.3 is 6.18 Å². The lowest BCUT2D eigenvalue weighted by Crippen LogP contribution is -2.53. The first kappa shape index (κ1) is 27.0. The van der Waals surface area contributed by atoms with E-state index in [-0.39, 0.29) is 40.6 Å². The molecule has 1 aromatic carbocycles. The number of quaternary nitrogens is 1. The lowest BCUT2D eigenvalue weighted by molar-refractivity contribution is -0.750. The van der Waals surface area contributed by atoms with Crippen LogP contribution in [0.2, 0.25) is 0 Å². The Bertz CT molecular complexity index is 1560. The van der Waals surface area contributed by atoms with Crippen molar-refractivity contribution in [3.05, 3.63) is 82.8 Å². The second-order valence-electron chi connectivity index (χ2n) is 10.5. The van der Waals surface area contributed by atoms with Gasteiger partial charge in [-0.3, -0.25) is 14.6 Å². The topological polar surface area (TPSA) is 113 Å². The molecule has 3 atom stereocenters. The average molecular weight is 569 g/mol. The zero-order valence-electron chi connectivity index (χ0n) is 21.7. The standard InChI is InChI=1S/C28H25F4N7O2/c29-21-12-16(27(41)36-23-13-18(8-9-35-23)28(30,31)32)5-7-20(21)26-37-25(22-14-34-10-11-39(22,26)33)17-4-6-19-2-1-3-24(40)38(19)15-17/h5,7-14,17,19H,1-4,6,15,33H2/p+1/t17-,19+,39?/m1/s1. The van der Waals surface area contributed by atoms with Gasteiger partial charge in [0.1, 0.15) is 23.5 Å². The monoisotopic (exact) mass is 568 g/mol. The highest BCUT2D eigenvalue weighted by Gasteiger charge is 2.48. The summed E-state index contributed by atoms with van der Waals surface area (Å²) >= 11 is 0. The highest BCUT2D eigenvalue weighted by atomic mass is 19.4. The number of nitrogens with zero attached hydrogens (tertiary/aromatic N) is 5. The maximum absolute atomic E-state index is 15.6. The van der Waals surface area contributed by atoms with E-state index in [4.69, 9.17) is 10.8 Å². The Hall–Kier alpha value is -4.23. The van der Waals surface area contributed by atoms with E-state index in [1.54, 1.807) is 12.4 Å². The quantitative estimate of drug-likeness (QED) is 0.321. The minimum Gasteiger partial charge on any atom is -0.339 e. The Balaban J connectivity index is 1.27. The van der Waals surface area contributed by atoms with Gasteiger partial charge in [0.05, 0.1) is 23.5 Å². The summed E-state index contributed by atoms with van der Waals surface area (Å²) in [6, 6.07) is 5.38. The molecule has 2 amide bonds. The van der Waals surface area contributed by atoms with Crippen LogP contribution < -0.4 is 11.2 Å². The van der Waals surface area contributed by atoms with Gasteiger partial charge in [0.15, 0.2) is 0 Å². The fourth-order valence-corrected chi connectivity index (χ4v) is 5.88. The van der Waals surface area contributed by atoms with E-state index in [9.17, 15) is 22.8 Å². The molecule has 41 heavy (non-hydrogen) atoms. The minimum atomic E-state index is -4.61. The molecule has 2 aromatic rings. The van der Waals surface area contributed by atoms with Crippen molar-refractivity contribution in [2.24, 2.45) is 21.7 Å². The van der Waals surface area contributed by atoms with Crippen LogP contribution in [0, 0.1) is 11.7 Å². The third kappa shape index (κ3) is 4.84. The number of amides is 2. The number of rotatable bonds is 4. The van der Waals surface area contributed by atoms with Crippen molar-refractivity contribution in [3.8, 4) is 0 Å². The van der Waals surface area contributed by atoms with Crippen molar-refractivity contribution in [2.45, 2.75) is 44.3 Å². The summed E-state index contributed by atoms with van der Waals surface area (Å²) in [5, 5.41) is 2.27. The van der Waals surface area contributed by atoms with E-state index in [2.05, 4.69) is 15.3 Å². The van der Waals surface area contributed by atoms with Crippen LogP contribution in [0.1, 0.15) is 53.6 Å². The summed E-state index contributed by atoms with van der Waals surface area (Å²) in [5.74, 6) is 5.03. The fourth-order valence-electron chi connectivity index (χ4n) is 5.88. The van der Waals surface area contributed by atoms with Gasteiger partial charge in [0.25, 0.3) is 11.7 Å². The molecule has 5 heterocycles. The molecule has 4 aliphatic rings. The number of alkyl halides is 3. The van der Waals surface area contributed by atoms with Crippen molar-refractivity contribution in [2.75, 3.05) is 11.9 Å². The van der Waals surface area contributed by atoms with Crippen LogP contribution in [0.4, 0.5) is 23.4 Å². The number of fused-ring (bicyclic) bond motifs is 2. The Labute approximate surface area is 232 Å². The number of nitrogens with one attached hydrogen (secondary N) is 1. The summed E-state index contributed by atoms with van der Waals surface area (Å²) in [6.45, 7) is 0.502. The van der Waals surface area contributed by atoms with Gasteiger partial charge in [-0.2, -0.15) is 24.0 Å².